The van der Waals surface area contributed by atoms with Crippen molar-refractivity contribution >= 4 is 22.7 Å². The molecule has 0 radical (unpaired) electrons. The Kier molecular flexibility index (Phi) is 6.53. The van der Waals surface area contributed by atoms with Gasteiger partial charge in [0.05, 0.1) is 36.4 Å². The van der Waals surface area contributed by atoms with E-state index in [2.05, 4.69) is 38.6 Å². The molecule has 1 saturated heterocycles. The summed E-state index contributed by atoms with van der Waals surface area (Å²) in [7, 11) is 4.06. The smallest absolute Gasteiger partial charge is 0.338 e. The first kappa shape index (κ1) is 21.3. The van der Waals surface area contributed by atoms with E-state index < -0.39 is 0 Å². The number of carbonyl (C=O) groups excluding carboxylic acids is 1. The summed E-state index contributed by atoms with van der Waals surface area (Å²) < 4.78 is 12.9. The molecule has 0 amide bonds. The average molecular weight is 423 g/mol. The lowest BCUT2D eigenvalue weighted by Crippen LogP contribution is -2.38. The largest absolute Gasteiger partial charge is 0.462 e. The fourth-order valence-corrected chi connectivity index (χ4v) is 3.89. The van der Waals surface area contributed by atoms with E-state index in [1.165, 1.54) is 0 Å². The molecule has 0 N–H and O–H groups in total. The number of rotatable bonds is 7. The van der Waals surface area contributed by atoms with E-state index >= 15 is 0 Å². The summed E-state index contributed by atoms with van der Waals surface area (Å²) in [6, 6.07) is 14.0. The van der Waals surface area contributed by atoms with Gasteiger partial charge < -0.3 is 18.9 Å². The van der Waals surface area contributed by atoms with E-state index in [0.29, 0.717) is 12.2 Å². The lowest BCUT2D eigenvalue weighted by molar-refractivity contribution is 0.0366. The molecule has 1 fully saturated rings. The monoisotopic (exact) mass is 422 g/mol. The van der Waals surface area contributed by atoms with Gasteiger partial charge in [-0.1, -0.05) is 0 Å². The molecular formula is C24H30N4O3. The fourth-order valence-electron chi connectivity index (χ4n) is 3.89. The zero-order chi connectivity index (χ0) is 21.8. The number of ether oxygens (including phenoxy) is 2. The van der Waals surface area contributed by atoms with Crippen LogP contribution < -0.4 is 4.90 Å². The summed E-state index contributed by atoms with van der Waals surface area (Å²) in [5.74, 6) is 0.596. The molecule has 1 aromatic heterocycles. The highest BCUT2D eigenvalue weighted by Gasteiger charge is 2.17. The van der Waals surface area contributed by atoms with Crippen molar-refractivity contribution in [3.63, 3.8) is 0 Å². The highest BCUT2D eigenvalue weighted by atomic mass is 16.5. The third kappa shape index (κ3) is 4.73. The molecule has 0 bridgehead atoms. The van der Waals surface area contributed by atoms with Crippen LogP contribution in [0.5, 0.6) is 0 Å². The van der Waals surface area contributed by atoms with Crippen molar-refractivity contribution in [3.8, 4) is 11.4 Å². The second-order valence-corrected chi connectivity index (χ2v) is 7.91. The van der Waals surface area contributed by atoms with Crippen LogP contribution in [-0.4, -0.2) is 74.0 Å². The SMILES string of the molecule is CCOC(=O)c1ccc2c(c1)nc(-c1ccc(N(C)C)cc1)n2CCN1CCOCC1. The molecule has 1 aliphatic heterocycles. The molecule has 0 aliphatic carbocycles. The number of aromatic nitrogens is 2. The Balaban J connectivity index is 1.71. The summed E-state index contributed by atoms with van der Waals surface area (Å²) in [5, 5.41) is 0. The van der Waals surface area contributed by atoms with Gasteiger partial charge in [-0.05, 0) is 49.4 Å². The minimum atomic E-state index is -0.316. The summed E-state index contributed by atoms with van der Waals surface area (Å²) >= 11 is 0. The van der Waals surface area contributed by atoms with Gasteiger partial charge in [0.15, 0.2) is 0 Å². The summed E-state index contributed by atoms with van der Waals surface area (Å²) in [6.07, 6.45) is 0. The van der Waals surface area contributed by atoms with Crippen LogP contribution in [0.25, 0.3) is 22.4 Å². The number of benzene rings is 2. The number of imidazole rings is 1. The molecule has 2 heterocycles. The first-order valence-corrected chi connectivity index (χ1v) is 10.8. The van der Waals surface area contributed by atoms with Gasteiger partial charge in [-0.15, -0.1) is 0 Å². The summed E-state index contributed by atoms with van der Waals surface area (Å²) in [4.78, 5) is 21.6. The van der Waals surface area contributed by atoms with E-state index in [9.17, 15) is 4.79 Å². The number of nitrogens with zero attached hydrogens (tertiary/aromatic N) is 4. The molecule has 3 aromatic rings. The first-order valence-electron chi connectivity index (χ1n) is 10.8. The maximum absolute atomic E-state index is 12.2. The molecule has 7 nitrogen and oxygen atoms in total. The van der Waals surface area contributed by atoms with Crippen molar-refractivity contribution < 1.29 is 14.3 Å². The van der Waals surface area contributed by atoms with E-state index in [4.69, 9.17) is 14.5 Å². The Morgan fingerprint density at radius 3 is 2.52 bits per heavy atom. The van der Waals surface area contributed by atoms with Gasteiger partial charge in [0, 0.05) is 51.5 Å². The molecular weight excluding hydrogens is 392 g/mol. The lowest BCUT2D eigenvalue weighted by Gasteiger charge is -2.27. The first-order chi connectivity index (χ1) is 15.1. The standard InChI is InChI=1S/C24H30N4O3/c1-4-31-24(29)19-7-10-22-21(17-19)25-23(18-5-8-20(9-6-18)26(2)3)28(22)12-11-27-13-15-30-16-14-27/h5-10,17H,4,11-16H2,1-3H3. The number of carbonyl (C=O) groups is 1. The Bertz CT molecular complexity index is 1040. The normalized spacial score (nSPS) is 14.7. The van der Waals surface area contributed by atoms with Crippen LogP contribution in [0, 0.1) is 0 Å². The summed E-state index contributed by atoms with van der Waals surface area (Å²) in [6.45, 7) is 7.38. The third-order valence-corrected chi connectivity index (χ3v) is 5.64. The van der Waals surface area contributed by atoms with Gasteiger partial charge in [0.2, 0.25) is 0 Å². The van der Waals surface area contributed by atoms with Crippen LogP contribution in [0.15, 0.2) is 42.5 Å². The van der Waals surface area contributed by atoms with E-state index in [1.807, 2.05) is 39.2 Å². The maximum atomic E-state index is 12.2. The van der Waals surface area contributed by atoms with Gasteiger partial charge in [-0.2, -0.15) is 0 Å². The van der Waals surface area contributed by atoms with E-state index in [0.717, 1.165) is 67.5 Å². The molecule has 0 saturated carbocycles. The van der Waals surface area contributed by atoms with E-state index in [1.54, 1.807) is 0 Å². The molecule has 4 rings (SSSR count). The van der Waals surface area contributed by atoms with Crippen LogP contribution in [0.3, 0.4) is 0 Å². The molecule has 164 valence electrons. The second-order valence-electron chi connectivity index (χ2n) is 7.91. The minimum Gasteiger partial charge on any atom is -0.462 e. The van der Waals surface area contributed by atoms with Crippen LogP contribution >= 0.6 is 0 Å². The number of hydrogen-bond acceptors (Lipinski definition) is 6. The van der Waals surface area contributed by atoms with Gasteiger partial charge >= 0.3 is 5.97 Å². The van der Waals surface area contributed by atoms with Crippen LogP contribution in [0.2, 0.25) is 0 Å². The van der Waals surface area contributed by atoms with Gasteiger partial charge in [-0.25, -0.2) is 9.78 Å². The van der Waals surface area contributed by atoms with Crippen molar-refractivity contribution in [1.82, 2.24) is 14.5 Å². The van der Waals surface area contributed by atoms with Gasteiger partial charge in [0.25, 0.3) is 0 Å². The van der Waals surface area contributed by atoms with Gasteiger partial charge in [0.1, 0.15) is 5.82 Å². The van der Waals surface area contributed by atoms with Crippen molar-refractivity contribution in [2.45, 2.75) is 13.5 Å². The quantitative estimate of drug-likeness (QED) is 0.545. The number of fused-ring (bicyclic) bond motifs is 1. The Morgan fingerprint density at radius 2 is 1.84 bits per heavy atom. The summed E-state index contributed by atoms with van der Waals surface area (Å²) in [5.41, 5.74) is 4.56. The zero-order valence-corrected chi connectivity index (χ0v) is 18.5. The number of anilines is 1. The van der Waals surface area contributed by atoms with Crippen molar-refractivity contribution in [2.75, 3.05) is 58.5 Å². The number of morpholine rings is 1. The van der Waals surface area contributed by atoms with Crippen molar-refractivity contribution in [2.24, 2.45) is 0 Å². The highest BCUT2D eigenvalue weighted by Crippen LogP contribution is 2.27. The Morgan fingerprint density at radius 1 is 1.10 bits per heavy atom. The van der Waals surface area contributed by atoms with Gasteiger partial charge in [-0.3, -0.25) is 4.90 Å². The third-order valence-electron chi connectivity index (χ3n) is 5.64. The highest BCUT2D eigenvalue weighted by molar-refractivity contribution is 5.94. The number of hydrogen-bond donors (Lipinski definition) is 0. The molecule has 1 aliphatic rings. The second kappa shape index (κ2) is 9.49. The maximum Gasteiger partial charge on any atom is 0.338 e. The van der Waals surface area contributed by atoms with Crippen molar-refractivity contribution in [1.29, 1.82) is 0 Å². The predicted molar refractivity (Wildman–Crippen MR) is 123 cm³/mol. The topological polar surface area (TPSA) is 59.8 Å². The van der Waals surface area contributed by atoms with Crippen LogP contribution in [0.4, 0.5) is 5.69 Å². The zero-order valence-electron chi connectivity index (χ0n) is 18.5. The fraction of sp³-hybridized carbons (Fsp3) is 0.417. The van der Waals surface area contributed by atoms with E-state index in [-0.39, 0.29) is 5.97 Å². The Labute approximate surface area is 183 Å². The van der Waals surface area contributed by atoms with Crippen LogP contribution in [-0.2, 0) is 16.0 Å². The molecule has 0 unspecified atom stereocenters. The number of esters is 1. The molecule has 31 heavy (non-hydrogen) atoms. The minimum absolute atomic E-state index is 0.316. The van der Waals surface area contributed by atoms with Crippen molar-refractivity contribution in [3.05, 3.63) is 48.0 Å². The Hall–Kier alpha value is -2.90. The molecule has 0 spiro atoms. The molecule has 7 heteroatoms. The average Bonchev–Trinajstić information content (AvgIpc) is 3.16. The van der Waals surface area contributed by atoms with Crippen LogP contribution in [0.1, 0.15) is 17.3 Å². The molecule has 2 aromatic carbocycles. The predicted octanol–water partition coefficient (Wildman–Crippen LogP) is 3.28. The lowest BCUT2D eigenvalue weighted by atomic mass is 10.2. The molecule has 0 atom stereocenters.